The van der Waals surface area contributed by atoms with E-state index in [9.17, 15) is 40.5 Å². The molecule has 0 aromatic rings. The minimum absolute atomic E-state index is 0.0620. The molecule has 2 fully saturated rings. The second-order valence-electron chi connectivity index (χ2n) is 21.9. The fourth-order valence-electron chi connectivity index (χ4n) is 9.97. The van der Waals surface area contributed by atoms with Crippen LogP contribution < -0.4 is 0 Å². The van der Waals surface area contributed by atoms with Crippen LogP contribution >= 0.6 is 0 Å². The average molecular weight is 1070 g/mol. The molecule has 11 atom stereocenters. The van der Waals surface area contributed by atoms with Gasteiger partial charge in [0, 0.05) is 13.0 Å². The van der Waals surface area contributed by atoms with E-state index in [0.717, 1.165) is 51.4 Å². The molecule has 75 heavy (non-hydrogen) atoms. The van der Waals surface area contributed by atoms with E-state index in [1.54, 1.807) is 0 Å². The number of allylic oxidation sites excluding steroid dienone is 4. The van der Waals surface area contributed by atoms with Gasteiger partial charge in [-0.05, 0) is 44.9 Å². The molecular weight excluding hydrogens is 957 g/mol. The molecule has 2 saturated heterocycles. The van der Waals surface area contributed by atoms with E-state index >= 15 is 0 Å². The predicted molar refractivity (Wildman–Crippen MR) is 298 cm³/mol. The number of carbonyl (C=O) groups excluding carboxylic acids is 1. The second-order valence-corrected chi connectivity index (χ2v) is 21.9. The lowest BCUT2D eigenvalue weighted by atomic mass is 9.98. The molecule has 0 radical (unpaired) electrons. The number of hydrogen-bond acceptors (Lipinski definition) is 14. The average Bonchev–Trinajstić information content (AvgIpc) is 3.41. The van der Waals surface area contributed by atoms with Crippen molar-refractivity contribution in [1.82, 2.24) is 0 Å². The van der Waals surface area contributed by atoms with Gasteiger partial charge in [0.2, 0.25) is 0 Å². The lowest BCUT2D eigenvalue weighted by Gasteiger charge is -2.42. The SMILES string of the molecule is CCCCCC/C=C\C/C=C\CCCCCCCCCCOCC(COC1OC(COC2OC(CO)C(O)C(O)C2O)C(O)C(O)C1O)OC(=O)CCCCCCCCCCCCCCCCCCCCCCCC. The summed E-state index contributed by atoms with van der Waals surface area (Å²) in [6, 6.07) is 0. The van der Waals surface area contributed by atoms with Crippen molar-refractivity contribution in [2.45, 2.75) is 325 Å². The molecule has 0 bridgehead atoms. The van der Waals surface area contributed by atoms with Crippen LogP contribution in [0.25, 0.3) is 0 Å². The highest BCUT2D eigenvalue weighted by atomic mass is 16.7. The Labute approximate surface area is 456 Å². The van der Waals surface area contributed by atoms with Crippen LogP contribution in [0.2, 0.25) is 0 Å². The van der Waals surface area contributed by atoms with Crippen molar-refractivity contribution in [3.63, 3.8) is 0 Å². The summed E-state index contributed by atoms with van der Waals surface area (Å²) in [5.41, 5.74) is 0. The number of carbonyl (C=O) groups is 1. The van der Waals surface area contributed by atoms with Gasteiger partial charge < -0.3 is 64.2 Å². The molecule has 11 unspecified atom stereocenters. The molecular formula is C61H114O14. The molecule has 0 amide bonds. The highest BCUT2D eigenvalue weighted by Crippen LogP contribution is 2.27. The number of aliphatic hydroxyl groups excluding tert-OH is 7. The van der Waals surface area contributed by atoms with Crippen LogP contribution in [0.15, 0.2) is 24.3 Å². The molecule has 7 N–H and O–H groups in total. The van der Waals surface area contributed by atoms with Crippen molar-refractivity contribution in [1.29, 1.82) is 0 Å². The van der Waals surface area contributed by atoms with E-state index in [4.69, 9.17) is 28.4 Å². The molecule has 442 valence electrons. The first-order valence-electron chi connectivity index (χ1n) is 30.9. The number of hydrogen-bond donors (Lipinski definition) is 7. The zero-order chi connectivity index (χ0) is 54.4. The Hall–Kier alpha value is -1.53. The zero-order valence-corrected chi connectivity index (χ0v) is 47.6. The van der Waals surface area contributed by atoms with Crippen LogP contribution in [0.3, 0.4) is 0 Å². The highest BCUT2D eigenvalue weighted by molar-refractivity contribution is 5.69. The van der Waals surface area contributed by atoms with Gasteiger partial charge in [0.1, 0.15) is 54.9 Å². The highest BCUT2D eigenvalue weighted by Gasteiger charge is 2.47. The molecule has 2 aliphatic rings. The van der Waals surface area contributed by atoms with Crippen LogP contribution in [0.5, 0.6) is 0 Å². The lowest BCUT2D eigenvalue weighted by Crippen LogP contribution is -2.61. The number of ether oxygens (including phenoxy) is 6. The number of unbranched alkanes of at least 4 members (excludes halogenated alkanes) is 33. The topological polar surface area (TPSA) is 214 Å². The van der Waals surface area contributed by atoms with Gasteiger partial charge in [-0.25, -0.2) is 0 Å². The van der Waals surface area contributed by atoms with Crippen molar-refractivity contribution in [3.8, 4) is 0 Å². The van der Waals surface area contributed by atoms with Crippen LogP contribution in [0, 0.1) is 0 Å². The number of aliphatic hydroxyl groups is 7. The lowest BCUT2D eigenvalue weighted by molar-refractivity contribution is -0.332. The normalized spacial score (nSPS) is 24.7. The summed E-state index contributed by atoms with van der Waals surface area (Å²) in [4.78, 5) is 13.1. The maximum Gasteiger partial charge on any atom is 0.306 e. The minimum atomic E-state index is -1.71. The third kappa shape index (κ3) is 35.0. The van der Waals surface area contributed by atoms with Crippen molar-refractivity contribution < 1.29 is 69.0 Å². The smallest absolute Gasteiger partial charge is 0.306 e. The molecule has 2 aliphatic heterocycles. The molecule has 0 aliphatic carbocycles. The van der Waals surface area contributed by atoms with Gasteiger partial charge in [-0.3, -0.25) is 4.79 Å². The molecule has 2 rings (SSSR count). The first kappa shape index (κ1) is 69.6. The van der Waals surface area contributed by atoms with E-state index in [1.807, 2.05) is 0 Å². The van der Waals surface area contributed by atoms with Crippen molar-refractivity contribution >= 4 is 5.97 Å². The van der Waals surface area contributed by atoms with Gasteiger partial charge in [-0.15, -0.1) is 0 Å². The fourth-order valence-corrected chi connectivity index (χ4v) is 9.97. The Morgan fingerprint density at radius 1 is 0.440 bits per heavy atom. The van der Waals surface area contributed by atoms with Crippen LogP contribution in [0.4, 0.5) is 0 Å². The summed E-state index contributed by atoms with van der Waals surface area (Å²) < 4.78 is 34.5. The molecule has 14 heteroatoms. The molecule has 2 heterocycles. The Morgan fingerprint density at radius 3 is 1.29 bits per heavy atom. The first-order valence-corrected chi connectivity index (χ1v) is 30.9. The number of esters is 1. The van der Waals surface area contributed by atoms with E-state index in [0.29, 0.717) is 13.0 Å². The molecule has 0 spiro atoms. The fraction of sp³-hybridized carbons (Fsp3) is 0.918. The third-order valence-corrected chi connectivity index (χ3v) is 15.0. The quantitative estimate of drug-likeness (QED) is 0.0172. The first-order chi connectivity index (χ1) is 36.6. The van der Waals surface area contributed by atoms with Crippen LogP contribution in [-0.4, -0.2) is 142 Å². The van der Waals surface area contributed by atoms with E-state index in [1.165, 1.54) is 180 Å². The van der Waals surface area contributed by atoms with Crippen LogP contribution in [0.1, 0.15) is 258 Å². The summed E-state index contributed by atoms with van der Waals surface area (Å²) in [6.45, 7) is 3.72. The van der Waals surface area contributed by atoms with Gasteiger partial charge >= 0.3 is 5.97 Å². The van der Waals surface area contributed by atoms with Gasteiger partial charge in [-0.2, -0.15) is 0 Å². The Balaban J connectivity index is 1.69. The van der Waals surface area contributed by atoms with E-state index in [-0.39, 0.29) is 25.6 Å². The maximum absolute atomic E-state index is 13.1. The maximum atomic E-state index is 13.1. The summed E-state index contributed by atoms with van der Waals surface area (Å²) in [5, 5.41) is 72.4. The Morgan fingerprint density at radius 2 is 0.827 bits per heavy atom. The summed E-state index contributed by atoms with van der Waals surface area (Å²) in [6.07, 6.45) is 39.5. The van der Waals surface area contributed by atoms with E-state index in [2.05, 4.69) is 38.2 Å². The minimum Gasteiger partial charge on any atom is -0.457 e. The third-order valence-electron chi connectivity index (χ3n) is 15.0. The summed E-state index contributed by atoms with van der Waals surface area (Å²) in [7, 11) is 0. The summed E-state index contributed by atoms with van der Waals surface area (Å²) in [5.74, 6) is -0.372. The second kappa shape index (κ2) is 48.4. The largest absolute Gasteiger partial charge is 0.457 e. The summed E-state index contributed by atoms with van der Waals surface area (Å²) >= 11 is 0. The van der Waals surface area contributed by atoms with Crippen molar-refractivity contribution in [2.75, 3.05) is 33.0 Å². The van der Waals surface area contributed by atoms with Crippen molar-refractivity contribution in [2.24, 2.45) is 0 Å². The molecule has 14 nitrogen and oxygen atoms in total. The van der Waals surface area contributed by atoms with Crippen molar-refractivity contribution in [3.05, 3.63) is 24.3 Å². The Kier molecular flexibility index (Phi) is 44.9. The zero-order valence-electron chi connectivity index (χ0n) is 47.6. The van der Waals surface area contributed by atoms with Gasteiger partial charge in [0.25, 0.3) is 0 Å². The van der Waals surface area contributed by atoms with E-state index < -0.39 is 80.7 Å². The Bertz CT molecular complexity index is 1330. The molecule has 0 aromatic carbocycles. The van der Waals surface area contributed by atoms with Gasteiger partial charge in [0.05, 0.1) is 26.4 Å². The monoisotopic (exact) mass is 1070 g/mol. The molecule has 0 aromatic heterocycles. The van der Waals surface area contributed by atoms with Gasteiger partial charge in [-0.1, -0.05) is 231 Å². The number of rotatable bonds is 51. The van der Waals surface area contributed by atoms with Crippen LogP contribution in [-0.2, 0) is 33.2 Å². The van der Waals surface area contributed by atoms with Gasteiger partial charge in [0.15, 0.2) is 12.6 Å². The predicted octanol–water partition coefficient (Wildman–Crippen LogP) is 11.5. The molecule has 0 saturated carbocycles. The standard InChI is InChI=1S/C61H114O14/c1-3-5-7-9-11-13-15-17-19-21-23-24-25-26-28-30-32-34-36-38-40-42-44-53(63)73-50(47-70-45-43-41-39-37-35-33-31-29-27-22-20-18-16-14-12-10-8-6-4-2)48-71-60-59(69)57(67)55(65)52(75-60)49-72-61-58(68)56(66)54(64)51(46-62)74-61/h14,16,20,22,50-52,54-62,64-69H,3-13,15,17-19,21,23-49H2,1-2H3/b16-14-,22-20-.